The Hall–Kier alpha value is -8.21. The summed E-state index contributed by atoms with van der Waals surface area (Å²) in [4.78, 5) is 62.5. The fourth-order valence-corrected chi connectivity index (χ4v) is 10.9. The van der Waals surface area contributed by atoms with Gasteiger partial charge in [0.15, 0.2) is 0 Å². The summed E-state index contributed by atoms with van der Waals surface area (Å²) in [5.74, 6) is -0.0840. The van der Waals surface area contributed by atoms with Crippen LogP contribution in [0.15, 0.2) is 151 Å². The highest BCUT2D eigenvalue weighted by Crippen LogP contribution is 2.36. The fraction of sp³-hybridized carbons (Fsp3) is 0.212. The molecule has 0 aliphatic rings. The van der Waals surface area contributed by atoms with Crippen LogP contribution in [-0.2, 0) is 42.8 Å². The second-order valence-electron chi connectivity index (χ2n) is 17.1. The summed E-state index contributed by atoms with van der Waals surface area (Å²) in [5, 5.41) is 5.14. The maximum Gasteiger partial charge on any atom is 0.330 e. The van der Waals surface area contributed by atoms with Gasteiger partial charge >= 0.3 is 32.5 Å². The first-order valence-corrected chi connectivity index (χ1v) is 26.8. The minimum atomic E-state index is -4.62. The van der Waals surface area contributed by atoms with E-state index in [1.807, 2.05) is 10.8 Å². The number of nitrogens with zero attached hydrogens (tertiary/aromatic N) is 4. The van der Waals surface area contributed by atoms with E-state index in [1.54, 1.807) is 148 Å². The number of rotatable bonds is 20. The highest BCUT2D eigenvalue weighted by molar-refractivity contribution is 7.91. The Morgan fingerprint density at radius 1 is 0.622 bits per heavy atom. The molecule has 386 valence electrons. The summed E-state index contributed by atoms with van der Waals surface area (Å²) < 4.78 is 73.5. The predicted octanol–water partition coefficient (Wildman–Crippen LogP) is 7.24. The number of anilines is 4. The van der Waals surface area contributed by atoms with E-state index in [4.69, 9.17) is 9.47 Å². The van der Waals surface area contributed by atoms with Crippen LogP contribution in [0, 0.1) is 0 Å². The topological polar surface area (TPSA) is 238 Å². The molecule has 0 saturated heterocycles. The first-order chi connectivity index (χ1) is 35.3. The molecule has 22 heteroatoms. The van der Waals surface area contributed by atoms with E-state index < -0.39 is 62.4 Å². The Balaban J connectivity index is 1.10. The van der Waals surface area contributed by atoms with E-state index >= 15 is 0 Å². The fourth-order valence-electron chi connectivity index (χ4n) is 8.05. The number of thiazole rings is 1. The van der Waals surface area contributed by atoms with E-state index in [1.165, 1.54) is 60.6 Å². The lowest BCUT2D eigenvalue weighted by molar-refractivity contribution is -0.120. The van der Waals surface area contributed by atoms with Gasteiger partial charge in [-0.25, -0.2) is 24.0 Å². The second-order valence-corrected chi connectivity index (χ2v) is 20.9. The van der Waals surface area contributed by atoms with Gasteiger partial charge in [-0.1, -0.05) is 72.8 Å². The number of hydrogen-bond donors (Lipinski definition) is 5. The molecule has 2 unspecified atom stereocenters. The maximum absolute atomic E-state index is 14.6. The molecule has 0 bridgehead atoms. The van der Waals surface area contributed by atoms with Crippen LogP contribution in [0.2, 0.25) is 0 Å². The standard InChI is InChI=1S/C52H55N9O10S3/c1-34(2)61(74(68,69)58-52(65)55-45(29-35-13-9-7-10-14-35)49(62)59(3)39-22-24-41(70-5)25-23-39)40-20-17-37(18-21-40)43-32-42(71-6)26-28-47(43)60(4)50(63)46(30-36-15-11-8-12-16-36)54-51(64)57-73(66,67)56-38-19-27-44-48(31-38)72-33-53-44/h7-28,31-34,45-46,56H,29-30H2,1-6H3,(H2,54,57,64)(H2,55,58,65). The first-order valence-electron chi connectivity index (χ1n) is 23.0. The van der Waals surface area contributed by atoms with Crippen molar-refractivity contribution in [3.8, 4) is 22.6 Å². The molecule has 0 spiro atoms. The van der Waals surface area contributed by atoms with Crippen LogP contribution >= 0.6 is 11.3 Å². The Kier molecular flexibility index (Phi) is 17.1. The van der Waals surface area contributed by atoms with Gasteiger partial charge in [-0.15, -0.1) is 11.3 Å². The molecule has 0 saturated carbocycles. The van der Waals surface area contributed by atoms with Gasteiger partial charge in [0.25, 0.3) is 0 Å². The van der Waals surface area contributed by atoms with Crippen LogP contribution in [0.25, 0.3) is 21.3 Å². The second kappa shape index (κ2) is 23.6. The van der Waals surface area contributed by atoms with Crippen molar-refractivity contribution in [2.24, 2.45) is 0 Å². The molecule has 0 radical (unpaired) electrons. The van der Waals surface area contributed by atoms with Crippen molar-refractivity contribution < 1.29 is 45.5 Å². The van der Waals surface area contributed by atoms with E-state index in [-0.39, 0.29) is 24.2 Å². The summed E-state index contributed by atoms with van der Waals surface area (Å²) in [5.41, 5.74) is 5.98. The number of ether oxygens (including phenoxy) is 2. The monoisotopic (exact) mass is 1060 g/mol. The average molecular weight is 1060 g/mol. The normalized spacial score (nSPS) is 12.2. The van der Waals surface area contributed by atoms with Crippen LogP contribution in [0.3, 0.4) is 0 Å². The Morgan fingerprint density at radius 2 is 1.16 bits per heavy atom. The molecular formula is C52H55N9O10S3. The van der Waals surface area contributed by atoms with E-state index in [9.17, 15) is 36.0 Å². The third-order valence-corrected chi connectivity index (χ3v) is 15.0. The van der Waals surface area contributed by atoms with Gasteiger partial charge in [-0.2, -0.15) is 16.8 Å². The number of nitrogens with one attached hydrogen (secondary N) is 5. The molecular weight excluding hydrogens is 1010 g/mol. The molecule has 74 heavy (non-hydrogen) atoms. The number of methoxy groups -OCH3 is 2. The minimum Gasteiger partial charge on any atom is -0.497 e. The summed E-state index contributed by atoms with van der Waals surface area (Å²) in [6.45, 7) is 3.26. The largest absolute Gasteiger partial charge is 0.497 e. The van der Waals surface area contributed by atoms with Crippen molar-refractivity contribution in [3.63, 3.8) is 0 Å². The smallest absolute Gasteiger partial charge is 0.330 e. The van der Waals surface area contributed by atoms with Gasteiger partial charge in [0.05, 0.1) is 47.0 Å². The number of hydrogen-bond acceptors (Lipinski definition) is 12. The molecule has 1 heterocycles. The van der Waals surface area contributed by atoms with Crippen LogP contribution in [-0.4, -0.2) is 92.1 Å². The molecule has 0 aliphatic carbocycles. The van der Waals surface area contributed by atoms with Crippen molar-refractivity contribution in [2.45, 2.75) is 44.8 Å². The van der Waals surface area contributed by atoms with E-state index in [0.717, 1.165) is 14.6 Å². The zero-order valence-electron chi connectivity index (χ0n) is 41.2. The molecule has 2 atom stereocenters. The van der Waals surface area contributed by atoms with E-state index in [0.29, 0.717) is 45.1 Å². The van der Waals surface area contributed by atoms with Crippen molar-refractivity contribution in [2.75, 3.05) is 47.1 Å². The van der Waals surface area contributed by atoms with Crippen LogP contribution in [0.5, 0.6) is 11.5 Å². The molecule has 1 aromatic heterocycles. The number of benzene rings is 6. The molecule has 0 aliphatic heterocycles. The van der Waals surface area contributed by atoms with Crippen molar-refractivity contribution in [1.82, 2.24) is 25.1 Å². The molecule has 7 aromatic rings. The van der Waals surface area contributed by atoms with Gasteiger partial charge < -0.3 is 29.9 Å². The molecule has 0 fully saturated rings. The Labute approximate surface area is 433 Å². The number of carbonyl (C=O) groups is 4. The minimum absolute atomic E-state index is 0.0105. The lowest BCUT2D eigenvalue weighted by Gasteiger charge is -2.29. The maximum atomic E-state index is 14.6. The third-order valence-electron chi connectivity index (χ3n) is 11.7. The Bertz CT molecular complexity index is 3330. The predicted molar refractivity (Wildman–Crippen MR) is 288 cm³/mol. The third kappa shape index (κ3) is 13.4. The van der Waals surface area contributed by atoms with Gasteiger partial charge in [0.2, 0.25) is 11.8 Å². The molecule has 7 rings (SSSR count). The number of aromatic nitrogens is 1. The highest BCUT2D eigenvalue weighted by atomic mass is 32.2. The Morgan fingerprint density at radius 3 is 1.73 bits per heavy atom. The van der Waals surface area contributed by atoms with Crippen molar-refractivity contribution in [1.29, 1.82) is 0 Å². The van der Waals surface area contributed by atoms with Crippen LogP contribution in [0.1, 0.15) is 25.0 Å². The summed E-state index contributed by atoms with van der Waals surface area (Å²) in [6.07, 6.45) is 0.0494. The summed E-state index contributed by atoms with van der Waals surface area (Å²) in [7, 11) is -3.03. The highest BCUT2D eigenvalue weighted by Gasteiger charge is 2.32. The van der Waals surface area contributed by atoms with Crippen molar-refractivity contribution in [3.05, 3.63) is 162 Å². The quantitative estimate of drug-likeness (QED) is 0.0510. The van der Waals surface area contributed by atoms with Crippen molar-refractivity contribution >= 4 is 88.6 Å². The zero-order valence-corrected chi connectivity index (χ0v) is 43.6. The van der Waals surface area contributed by atoms with E-state index in [2.05, 4.69) is 25.1 Å². The lowest BCUT2D eigenvalue weighted by Crippen LogP contribution is -2.55. The summed E-state index contributed by atoms with van der Waals surface area (Å²) >= 11 is 1.32. The van der Waals surface area contributed by atoms with Crippen LogP contribution in [0.4, 0.5) is 32.3 Å². The van der Waals surface area contributed by atoms with Gasteiger partial charge in [0, 0.05) is 44.2 Å². The molecule has 5 N–H and O–H groups in total. The van der Waals surface area contributed by atoms with Gasteiger partial charge in [-0.3, -0.25) is 18.6 Å². The number of urea groups is 2. The average Bonchev–Trinajstić information content (AvgIpc) is 3.85. The number of carbonyl (C=O) groups excluding carboxylic acids is 4. The van der Waals surface area contributed by atoms with Gasteiger partial charge in [0.1, 0.15) is 23.6 Å². The lowest BCUT2D eigenvalue weighted by atomic mass is 10.0. The summed E-state index contributed by atoms with van der Waals surface area (Å²) in [6, 6.07) is 35.2. The first kappa shape index (κ1) is 53.6. The molecule has 6 amide bonds. The number of fused-ring (bicyclic) bond motifs is 1. The molecule has 19 nitrogen and oxygen atoms in total. The zero-order chi connectivity index (χ0) is 53.2. The van der Waals surface area contributed by atoms with Gasteiger partial charge in [-0.05, 0) is 103 Å². The van der Waals surface area contributed by atoms with Crippen LogP contribution < -0.4 is 48.4 Å². The number of amides is 6. The molecule has 6 aromatic carbocycles. The SMILES string of the molecule is COc1ccc(N(C)C(=O)C(Cc2ccccc2)NC(=O)NS(=O)(=O)N(c2ccc(-c3cc(OC)ccc3N(C)C(=O)C(Cc3ccccc3)NC(=O)NS(=O)(=O)Nc3ccc4ncsc4c3)cc2)C(C)C)cc1. The number of likely N-dealkylation sites (N-methyl/N-ethyl adjacent to an activating group) is 2.